The molecule has 0 aromatic carbocycles. The van der Waals surface area contributed by atoms with Crippen LogP contribution in [0.3, 0.4) is 0 Å². The number of aryl methyl sites for hydroxylation is 1. The van der Waals surface area contributed by atoms with Crippen molar-refractivity contribution in [2.24, 2.45) is 10.8 Å². The molecule has 0 amide bonds. The lowest BCUT2D eigenvalue weighted by Gasteiger charge is -1.98. The smallest absolute Gasteiger partial charge is 0.184 e. The number of hydrogen-bond acceptors (Lipinski definition) is 4. The number of aromatic nitrogens is 1. The lowest BCUT2D eigenvalue weighted by molar-refractivity contribution is 0.468. The van der Waals surface area contributed by atoms with Gasteiger partial charge in [-0.25, -0.2) is 0 Å². The van der Waals surface area contributed by atoms with Crippen LogP contribution in [0.15, 0.2) is 17.4 Å². The highest BCUT2D eigenvalue weighted by molar-refractivity contribution is 7.80. The maximum Gasteiger partial charge on any atom is 0.184 e. The van der Waals surface area contributed by atoms with E-state index in [1.807, 2.05) is 0 Å². The molecule has 0 atom stereocenters. The van der Waals surface area contributed by atoms with Crippen LogP contribution < -0.4 is 11.2 Å². The molecule has 0 radical (unpaired) electrons. The Kier molecular flexibility index (Phi) is 3.35. The van der Waals surface area contributed by atoms with E-state index < -0.39 is 0 Å². The summed E-state index contributed by atoms with van der Waals surface area (Å²) in [6.07, 6.45) is 2.82. The van der Waals surface area contributed by atoms with Gasteiger partial charge in [0.1, 0.15) is 5.75 Å². The number of nitrogens with zero attached hydrogens (tertiary/aromatic N) is 2. The van der Waals surface area contributed by atoms with Gasteiger partial charge in [0.25, 0.3) is 0 Å². The highest BCUT2D eigenvalue weighted by atomic mass is 32.1. The Bertz CT molecular complexity index is 378. The molecule has 0 unspecified atom stereocenters. The van der Waals surface area contributed by atoms with Gasteiger partial charge in [0, 0.05) is 0 Å². The molecule has 1 rings (SSSR count). The van der Waals surface area contributed by atoms with Crippen LogP contribution >= 0.6 is 12.2 Å². The van der Waals surface area contributed by atoms with Crippen molar-refractivity contribution < 1.29 is 5.11 Å². The van der Waals surface area contributed by atoms with Crippen molar-refractivity contribution in [1.29, 1.82) is 0 Å². The summed E-state index contributed by atoms with van der Waals surface area (Å²) in [5.74, 6) is 0.157. The van der Waals surface area contributed by atoms with Crippen molar-refractivity contribution in [3.63, 3.8) is 0 Å². The minimum absolute atomic E-state index is 0.0942. The van der Waals surface area contributed by atoms with Crippen LogP contribution in [-0.2, 0) is 0 Å². The van der Waals surface area contributed by atoms with E-state index in [0.717, 1.165) is 5.56 Å². The first kappa shape index (κ1) is 10.4. The largest absolute Gasteiger partial charge is 0.506 e. The second kappa shape index (κ2) is 4.52. The summed E-state index contributed by atoms with van der Waals surface area (Å²) in [6.45, 7) is 1.77. The fourth-order valence-corrected chi connectivity index (χ4v) is 0.856. The quantitative estimate of drug-likeness (QED) is 0.370. The molecule has 0 bridgehead atoms. The summed E-state index contributed by atoms with van der Waals surface area (Å²) in [5, 5.41) is 13.0. The predicted octanol–water partition coefficient (Wildman–Crippen LogP) is 0.263. The summed E-state index contributed by atoms with van der Waals surface area (Å²) in [7, 11) is 0. The Hall–Kier alpha value is -1.69. The molecule has 0 saturated carbocycles. The SMILES string of the molecule is Cc1cc(C=NNC(N)=S)ncc1O. The van der Waals surface area contributed by atoms with E-state index in [2.05, 4.69) is 27.7 Å². The number of pyridine rings is 1. The molecule has 6 heteroatoms. The number of rotatable bonds is 2. The zero-order valence-corrected chi connectivity index (χ0v) is 8.38. The summed E-state index contributed by atoms with van der Waals surface area (Å²) >= 11 is 4.55. The van der Waals surface area contributed by atoms with Crippen LogP contribution in [0.5, 0.6) is 5.75 Å². The van der Waals surface area contributed by atoms with Gasteiger partial charge in [-0.3, -0.25) is 10.4 Å². The Morgan fingerprint density at radius 1 is 1.79 bits per heavy atom. The second-order valence-electron chi connectivity index (χ2n) is 2.63. The number of aromatic hydroxyl groups is 1. The fourth-order valence-electron chi connectivity index (χ4n) is 0.803. The van der Waals surface area contributed by atoms with Crippen LogP contribution in [0.1, 0.15) is 11.3 Å². The zero-order chi connectivity index (χ0) is 10.6. The van der Waals surface area contributed by atoms with E-state index in [1.165, 1.54) is 12.4 Å². The lowest BCUT2D eigenvalue weighted by Crippen LogP contribution is -2.24. The predicted molar refractivity (Wildman–Crippen MR) is 58.2 cm³/mol. The highest BCUT2D eigenvalue weighted by Crippen LogP contribution is 2.12. The molecule has 0 aliphatic rings. The third-order valence-electron chi connectivity index (χ3n) is 1.48. The third kappa shape index (κ3) is 2.98. The normalized spacial score (nSPS) is 10.4. The van der Waals surface area contributed by atoms with Gasteiger partial charge < -0.3 is 10.8 Å². The van der Waals surface area contributed by atoms with Gasteiger partial charge in [-0.1, -0.05) is 0 Å². The Morgan fingerprint density at radius 3 is 3.07 bits per heavy atom. The average molecular weight is 210 g/mol. The molecule has 0 saturated heterocycles. The molecule has 1 heterocycles. The first-order valence-electron chi connectivity index (χ1n) is 3.83. The van der Waals surface area contributed by atoms with Gasteiger partial charge in [-0.15, -0.1) is 0 Å². The van der Waals surface area contributed by atoms with Gasteiger partial charge in [0.05, 0.1) is 18.1 Å². The van der Waals surface area contributed by atoms with Crippen LogP contribution in [0.2, 0.25) is 0 Å². The zero-order valence-electron chi connectivity index (χ0n) is 7.56. The van der Waals surface area contributed by atoms with Crippen molar-refractivity contribution in [2.45, 2.75) is 6.92 Å². The van der Waals surface area contributed by atoms with Crippen molar-refractivity contribution in [1.82, 2.24) is 10.4 Å². The molecule has 0 spiro atoms. The first-order valence-corrected chi connectivity index (χ1v) is 4.24. The Morgan fingerprint density at radius 2 is 2.50 bits per heavy atom. The van der Waals surface area contributed by atoms with Gasteiger partial charge in [0.2, 0.25) is 0 Å². The van der Waals surface area contributed by atoms with E-state index in [9.17, 15) is 5.11 Å². The number of hydrazone groups is 1. The maximum absolute atomic E-state index is 9.19. The first-order chi connectivity index (χ1) is 6.59. The molecule has 0 aliphatic carbocycles. The number of nitrogens with one attached hydrogen (secondary N) is 1. The van der Waals surface area contributed by atoms with Crippen molar-refractivity contribution in [3.8, 4) is 5.75 Å². The minimum Gasteiger partial charge on any atom is -0.506 e. The van der Waals surface area contributed by atoms with Gasteiger partial charge >= 0.3 is 0 Å². The molecule has 74 valence electrons. The van der Waals surface area contributed by atoms with Crippen LogP contribution in [0.25, 0.3) is 0 Å². The monoisotopic (exact) mass is 210 g/mol. The van der Waals surface area contributed by atoms with E-state index in [1.54, 1.807) is 13.0 Å². The Balaban J connectivity index is 2.73. The third-order valence-corrected chi connectivity index (χ3v) is 1.57. The molecule has 14 heavy (non-hydrogen) atoms. The summed E-state index contributed by atoms with van der Waals surface area (Å²) in [5.41, 5.74) is 8.91. The van der Waals surface area contributed by atoms with Crippen molar-refractivity contribution in [3.05, 3.63) is 23.5 Å². The summed E-state index contributed by atoms with van der Waals surface area (Å²) < 4.78 is 0. The van der Waals surface area contributed by atoms with E-state index in [0.29, 0.717) is 5.69 Å². The average Bonchev–Trinajstić information content (AvgIpc) is 2.10. The van der Waals surface area contributed by atoms with Crippen molar-refractivity contribution >= 4 is 23.5 Å². The molecule has 5 nitrogen and oxygen atoms in total. The molecule has 0 aliphatic heterocycles. The number of nitrogens with two attached hydrogens (primary N) is 1. The van der Waals surface area contributed by atoms with Crippen LogP contribution in [0.4, 0.5) is 0 Å². The second-order valence-corrected chi connectivity index (χ2v) is 3.07. The van der Waals surface area contributed by atoms with E-state index >= 15 is 0 Å². The van der Waals surface area contributed by atoms with Crippen LogP contribution in [-0.4, -0.2) is 21.4 Å². The lowest BCUT2D eigenvalue weighted by atomic mass is 10.2. The standard InChI is InChI=1S/C8H10N4OS/c1-5-2-6(10-4-7(5)13)3-11-12-8(9)14/h2-4,13H,1H3,(H3,9,12,14). The van der Waals surface area contributed by atoms with Crippen molar-refractivity contribution in [2.75, 3.05) is 0 Å². The molecule has 1 aromatic rings. The van der Waals surface area contributed by atoms with E-state index in [4.69, 9.17) is 5.73 Å². The highest BCUT2D eigenvalue weighted by Gasteiger charge is 1.96. The van der Waals surface area contributed by atoms with Gasteiger partial charge in [-0.2, -0.15) is 5.10 Å². The maximum atomic E-state index is 9.19. The molecular formula is C8H10N4OS. The minimum atomic E-state index is 0.0942. The van der Waals surface area contributed by atoms with E-state index in [-0.39, 0.29) is 10.9 Å². The summed E-state index contributed by atoms with van der Waals surface area (Å²) in [6, 6.07) is 1.69. The molecule has 4 N–H and O–H groups in total. The van der Waals surface area contributed by atoms with Crippen LogP contribution in [0, 0.1) is 6.92 Å². The number of thiocarbonyl (C=S) groups is 1. The van der Waals surface area contributed by atoms with Gasteiger partial charge in [-0.05, 0) is 30.8 Å². The topological polar surface area (TPSA) is 83.5 Å². The van der Waals surface area contributed by atoms with Gasteiger partial charge in [0.15, 0.2) is 5.11 Å². The fraction of sp³-hybridized carbons (Fsp3) is 0.125. The number of hydrogen-bond donors (Lipinski definition) is 3. The Labute approximate surface area is 86.7 Å². The molecule has 1 aromatic heterocycles. The summed E-state index contributed by atoms with van der Waals surface area (Å²) in [4.78, 5) is 3.91. The molecule has 0 fully saturated rings. The molecular weight excluding hydrogens is 200 g/mol.